The molecule has 2 aromatic carbocycles. The lowest BCUT2D eigenvalue weighted by molar-refractivity contribution is -0.384. The van der Waals surface area contributed by atoms with Crippen LogP contribution >= 0.6 is 0 Å². The predicted octanol–water partition coefficient (Wildman–Crippen LogP) is 3.32. The number of phenolic OH excluding ortho intramolecular Hbond substituents is 1. The van der Waals surface area contributed by atoms with Gasteiger partial charge >= 0.3 is 5.69 Å². The molecule has 122 valence electrons. The van der Waals surface area contributed by atoms with Gasteiger partial charge in [-0.3, -0.25) is 10.1 Å². The molecule has 0 aliphatic heterocycles. The number of methoxy groups -OCH3 is 1. The van der Waals surface area contributed by atoms with Crippen molar-refractivity contribution >= 4 is 11.4 Å². The van der Waals surface area contributed by atoms with E-state index in [9.17, 15) is 15.2 Å². The molecule has 0 aromatic heterocycles. The van der Waals surface area contributed by atoms with Crippen LogP contribution in [0, 0.1) is 10.1 Å². The van der Waals surface area contributed by atoms with Crippen LogP contribution in [-0.4, -0.2) is 23.7 Å². The van der Waals surface area contributed by atoms with Crippen molar-refractivity contribution in [2.45, 2.75) is 13.5 Å². The largest absolute Gasteiger partial charge is 0.504 e. The molecule has 23 heavy (non-hydrogen) atoms. The van der Waals surface area contributed by atoms with E-state index in [1.54, 1.807) is 43.3 Å². The van der Waals surface area contributed by atoms with Crippen LogP contribution < -0.4 is 14.8 Å². The first-order valence-electron chi connectivity index (χ1n) is 7.07. The van der Waals surface area contributed by atoms with Crippen molar-refractivity contribution < 1.29 is 19.5 Å². The van der Waals surface area contributed by atoms with Crippen molar-refractivity contribution in [1.82, 2.24) is 0 Å². The lowest BCUT2D eigenvalue weighted by atomic mass is 10.1. The van der Waals surface area contributed by atoms with E-state index in [0.717, 1.165) is 0 Å². The Labute approximate surface area is 133 Å². The van der Waals surface area contributed by atoms with Gasteiger partial charge in [0.2, 0.25) is 0 Å². The van der Waals surface area contributed by atoms with Crippen molar-refractivity contribution in [2.24, 2.45) is 0 Å². The Kier molecular flexibility index (Phi) is 5.24. The van der Waals surface area contributed by atoms with Crippen LogP contribution in [0.5, 0.6) is 17.2 Å². The second kappa shape index (κ2) is 7.35. The molecule has 0 saturated heterocycles. The van der Waals surface area contributed by atoms with Gasteiger partial charge in [0.05, 0.1) is 18.6 Å². The fraction of sp³-hybridized carbons (Fsp3) is 0.250. The molecule has 2 N–H and O–H groups in total. The van der Waals surface area contributed by atoms with E-state index in [1.165, 1.54) is 7.11 Å². The summed E-state index contributed by atoms with van der Waals surface area (Å²) in [4.78, 5) is 10.8. The molecule has 2 rings (SSSR count). The van der Waals surface area contributed by atoms with E-state index >= 15 is 0 Å². The standard InChI is InChI=1S/C16H18N2O5/c1-3-23-13-8-5-7-12(15(13)18(20)21)17-10-11-6-4-9-14(22-2)16(11)19/h4-9,17,19H,3,10H2,1-2H3. The highest BCUT2D eigenvalue weighted by Crippen LogP contribution is 2.36. The van der Waals surface area contributed by atoms with Crippen molar-refractivity contribution in [2.75, 3.05) is 19.0 Å². The van der Waals surface area contributed by atoms with E-state index in [2.05, 4.69) is 5.32 Å². The van der Waals surface area contributed by atoms with Gasteiger partial charge in [0.25, 0.3) is 0 Å². The maximum atomic E-state index is 11.3. The minimum absolute atomic E-state index is 0.00566. The van der Waals surface area contributed by atoms with Crippen LogP contribution in [0.25, 0.3) is 0 Å². The van der Waals surface area contributed by atoms with Gasteiger partial charge in [-0.2, -0.15) is 0 Å². The monoisotopic (exact) mass is 318 g/mol. The highest BCUT2D eigenvalue weighted by molar-refractivity contribution is 5.68. The number of rotatable bonds is 7. The number of ether oxygens (including phenoxy) is 2. The van der Waals surface area contributed by atoms with Gasteiger partial charge < -0.3 is 19.9 Å². The summed E-state index contributed by atoms with van der Waals surface area (Å²) in [5.41, 5.74) is 0.764. The molecule has 0 spiro atoms. The molecule has 0 atom stereocenters. The lowest BCUT2D eigenvalue weighted by Gasteiger charge is -2.12. The van der Waals surface area contributed by atoms with Crippen molar-refractivity contribution in [3.63, 3.8) is 0 Å². The Hall–Kier alpha value is -2.96. The topological polar surface area (TPSA) is 93.9 Å². The summed E-state index contributed by atoms with van der Waals surface area (Å²) >= 11 is 0. The summed E-state index contributed by atoms with van der Waals surface area (Å²) in [7, 11) is 1.46. The number of phenols is 1. The Morgan fingerprint density at radius 3 is 2.57 bits per heavy atom. The zero-order valence-corrected chi connectivity index (χ0v) is 12.9. The summed E-state index contributed by atoms with van der Waals surface area (Å²) in [5, 5.41) is 24.3. The second-order valence-corrected chi connectivity index (χ2v) is 4.66. The molecule has 0 bridgehead atoms. The fourth-order valence-electron chi connectivity index (χ4n) is 2.19. The molecule has 0 aliphatic carbocycles. The van der Waals surface area contributed by atoms with Crippen LogP contribution in [-0.2, 0) is 6.54 Å². The van der Waals surface area contributed by atoms with E-state index in [0.29, 0.717) is 23.6 Å². The van der Waals surface area contributed by atoms with Crippen LogP contribution in [0.4, 0.5) is 11.4 Å². The summed E-state index contributed by atoms with van der Waals surface area (Å²) in [5.74, 6) is 0.561. The molecule has 0 fully saturated rings. The number of nitrogens with zero attached hydrogens (tertiary/aromatic N) is 1. The quantitative estimate of drug-likeness (QED) is 0.601. The number of nitro benzene ring substituents is 1. The van der Waals surface area contributed by atoms with E-state index < -0.39 is 4.92 Å². The third kappa shape index (κ3) is 3.63. The lowest BCUT2D eigenvalue weighted by Crippen LogP contribution is -2.05. The molecule has 0 heterocycles. The van der Waals surface area contributed by atoms with Crippen molar-refractivity contribution in [3.8, 4) is 17.2 Å². The SMILES string of the molecule is CCOc1cccc(NCc2cccc(OC)c2O)c1[N+](=O)[O-]. The summed E-state index contributed by atoms with van der Waals surface area (Å²) in [6, 6.07) is 9.90. The summed E-state index contributed by atoms with van der Waals surface area (Å²) in [6.07, 6.45) is 0. The van der Waals surface area contributed by atoms with Crippen LogP contribution in [0.1, 0.15) is 12.5 Å². The number of nitrogens with one attached hydrogen (secondary N) is 1. The molecule has 0 saturated carbocycles. The van der Waals surface area contributed by atoms with Gasteiger partial charge in [0.15, 0.2) is 17.2 Å². The molecule has 0 radical (unpaired) electrons. The first kappa shape index (κ1) is 16.4. The van der Waals surface area contributed by atoms with Gasteiger partial charge in [-0.15, -0.1) is 0 Å². The van der Waals surface area contributed by atoms with Crippen molar-refractivity contribution in [3.05, 3.63) is 52.1 Å². The third-order valence-electron chi connectivity index (χ3n) is 3.25. The molecular formula is C16H18N2O5. The molecule has 2 aromatic rings. The van der Waals surface area contributed by atoms with Gasteiger partial charge in [-0.05, 0) is 25.1 Å². The Bertz CT molecular complexity index is 703. The van der Waals surface area contributed by atoms with Gasteiger partial charge in [-0.25, -0.2) is 0 Å². The molecule has 0 unspecified atom stereocenters. The van der Waals surface area contributed by atoms with Gasteiger partial charge in [0.1, 0.15) is 5.69 Å². The highest BCUT2D eigenvalue weighted by atomic mass is 16.6. The average molecular weight is 318 g/mol. The maximum absolute atomic E-state index is 11.3. The number of benzene rings is 2. The molecule has 7 heteroatoms. The smallest absolute Gasteiger partial charge is 0.333 e. The number of nitro groups is 1. The average Bonchev–Trinajstić information content (AvgIpc) is 2.54. The Morgan fingerprint density at radius 1 is 1.22 bits per heavy atom. The van der Waals surface area contributed by atoms with Gasteiger partial charge in [0, 0.05) is 12.1 Å². The zero-order chi connectivity index (χ0) is 16.8. The third-order valence-corrected chi connectivity index (χ3v) is 3.25. The highest BCUT2D eigenvalue weighted by Gasteiger charge is 2.21. The minimum Gasteiger partial charge on any atom is -0.504 e. The minimum atomic E-state index is -0.487. The number of para-hydroxylation sites is 2. The summed E-state index contributed by atoms with van der Waals surface area (Å²) < 4.78 is 10.3. The summed E-state index contributed by atoms with van der Waals surface area (Å²) in [6.45, 7) is 2.30. The first-order chi connectivity index (χ1) is 11.1. The number of aromatic hydroxyl groups is 1. The number of anilines is 1. The van der Waals surface area contributed by atoms with Crippen LogP contribution in [0.2, 0.25) is 0 Å². The van der Waals surface area contributed by atoms with Crippen LogP contribution in [0.3, 0.4) is 0 Å². The van der Waals surface area contributed by atoms with E-state index in [1.807, 2.05) is 0 Å². The fourth-order valence-corrected chi connectivity index (χ4v) is 2.19. The number of hydrogen-bond donors (Lipinski definition) is 2. The maximum Gasteiger partial charge on any atom is 0.333 e. The number of hydrogen-bond acceptors (Lipinski definition) is 6. The molecule has 7 nitrogen and oxygen atoms in total. The Balaban J connectivity index is 2.27. The molecule has 0 amide bonds. The van der Waals surface area contributed by atoms with E-state index in [4.69, 9.17) is 9.47 Å². The molecular weight excluding hydrogens is 300 g/mol. The van der Waals surface area contributed by atoms with Crippen molar-refractivity contribution in [1.29, 1.82) is 0 Å². The van der Waals surface area contributed by atoms with Crippen LogP contribution in [0.15, 0.2) is 36.4 Å². The normalized spacial score (nSPS) is 10.2. The van der Waals surface area contributed by atoms with Gasteiger partial charge in [-0.1, -0.05) is 18.2 Å². The predicted molar refractivity (Wildman–Crippen MR) is 86.3 cm³/mol. The molecule has 0 aliphatic rings. The van der Waals surface area contributed by atoms with E-state index in [-0.39, 0.29) is 23.7 Å². The first-order valence-corrected chi connectivity index (χ1v) is 7.07. The zero-order valence-electron chi connectivity index (χ0n) is 12.9. The Morgan fingerprint density at radius 2 is 1.91 bits per heavy atom. The second-order valence-electron chi connectivity index (χ2n) is 4.66.